The van der Waals surface area contributed by atoms with Gasteiger partial charge in [-0.15, -0.1) is 0 Å². The number of fused-ring (bicyclic) bond motifs is 2. The van der Waals surface area contributed by atoms with Gasteiger partial charge in [0.2, 0.25) is 0 Å². The van der Waals surface area contributed by atoms with E-state index in [1.54, 1.807) is 6.07 Å². The summed E-state index contributed by atoms with van der Waals surface area (Å²) >= 11 is 0. The van der Waals surface area contributed by atoms with E-state index in [-0.39, 0.29) is 11.9 Å². The van der Waals surface area contributed by atoms with Crippen molar-refractivity contribution in [1.82, 2.24) is 24.6 Å². The van der Waals surface area contributed by atoms with Crippen LogP contribution < -0.4 is 10.2 Å². The van der Waals surface area contributed by atoms with Gasteiger partial charge in [-0.2, -0.15) is 9.61 Å². The summed E-state index contributed by atoms with van der Waals surface area (Å²) in [7, 11) is 0. The zero-order chi connectivity index (χ0) is 24.2. The summed E-state index contributed by atoms with van der Waals surface area (Å²) in [6.07, 6.45) is 5.66. The van der Waals surface area contributed by atoms with Gasteiger partial charge in [-0.25, -0.2) is 19.3 Å². The highest BCUT2D eigenvalue weighted by Gasteiger charge is 2.29. The number of aryl methyl sites for hydroxylation is 1. The predicted molar refractivity (Wildman–Crippen MR) is 134 cm³/mol. The predicted octanol–water partition coefficient (Wildman–Crippen LogP) is 4.49. The van der Waals surface area contributed by atoms with Crippen molar-refractivity contribution < 1.29 is 9.50 Å². The molecule has 0 atom stereocenters. The monoisotopic (exact) mass is 475 g/mol. The lowest BCUT2D eigenvalue weighted by Gasteiger charge is -2.34. The van der Waals surface area contributed by atoms with E-state index in [0.717, 1.165) is 61.7 Å². The molecule has 1 aromatic carbocycles. The molecule has 3 aromatic heterocycles. The van der Waals surface area contributed by atoms with Crippen LogP contribution >= 0.6 is 0 Å². The Kier molecular flexibility index (Phi) is 5.32. The summed E-state index contributed by atoms with van der Waals surface area (Å²) in [5.74, 6) is 1.48. The maximum atomic E-state index is 13.8. The average Bonchev–Trinajstić information content (AvgIpc) is 3.50. The maximum Gasteiger partial charge on any atom is 0.160 e. The van der Waals surface area contributed by atoms with Gasteiger partial charge in [0.15, 0.2) is 5.65 Å². The first-order chi connectivity index (χ1) is 16.8. The van der Waals surface area contributed by atoms with Gasteiger partial charge in [0, 0.05) is 37.3 Å². The van der Waals surface area contributed by atoms with Gasteiger partial charge in [-0.05, 0) is 64.5 Å². The first-order valence-corrected chi connectivity index (χ1v) is 12.4. The van der Waals surface area contributed by atoms with Crippen LogP contribution in [0.25, 0.3) is 28.1 Å². The second kappa shape index (κ2) is 8.41. The molecule has 1 saturated heterocycles. The van der Waals surface area contributed by atoms with Crippen LogP contribution in [0, 0.1) is 12.7 Å². The number of benzene rings is 1. The highest BCUT2D eigenvalue weighted by Crippen LogP contribution is 2.32. The second-order valence-electron chi connectivity index (χ2n) is 10.2. The largest absolute Gasteiger partial charge is 0.390 e. The molecule has 9 heteroatoms. The highest BCUT2D eigenvalue weighted by molar-refractivity contribution is 5.78. The Bertz CT molecular complexity index is 1400. The molecular formula is C26H30FN7O. The normalized spacial score (nSPS) is 22.9. The van der Waals surface area contributed by atoms with Crippen LogP contribution in [0.15, 0.2) is 30.3 Å². The Morgan fingerprint density at radius 2 is 1.80 bits per heavy atom. The lowest BCUT2D eigenvalue weighted by Crippen LogP contribution is -2.36. The number of anilines is 2. The fourth-order valence-corrected chi connectivity index (χ4v) is 5.24. The van der Waals surface area contributed by atoms with Gasteiger partial charge in [0.05, 0.1) is 22.3 Å². The van der Waals surface area contributed by atoms with Crippen LogP contribution in [-0.2, 0) is 0 Å². The molecule has 1 aliphatic carbocycles. The van der Waals surface area contributed by atoms with Crippen molar-refractivity contribution >= 4 is 28.3 Å². The number of hydrogen-bond acceptors (Lipinski definition) is 7. The molecule has 0 radical (unpaired) electrons. The van der Waals surface area contributed by atoms with Gasteiger partial charge >= 0.3 is 0 Å². The molecule has 182 valence electrons. The van der Waals surface area contributed by atoms with Crippen molar-refractivity contribution in [3.8, 4) is 11.4 Å². The molecule has 2 fully saturated rings. The van der Waals surface area contributed by atoms with Crippen molar-refractivity contribution in [2.24, 2.45) is 0 Å². The number of nitrogens with zero attached hydrogens (tertiary/aromatic N) is 6. The topological polar surface area (TPSA) is 91.5 Å². The Morgan fingerprint density at radius 1 is 1.03 bits per heavy atom. The van der Waals surface area contributed by atoms with E-state index in [1.807, 2.05) is 24.4 Å². The smallest absolute Gasteiger partial charge is 0.160 e. The summed E-state index contributed by atoms with van der Waals surface area (Å²) in [6, 6.07) is 8.70. The molecule has 1 saturated carbocycles. The minimum absolute atomic E-state index is 0.255. The van der Waals surface area contributed by atoms with Crippen molar-refractivity contribution in [3.63, 3.8) is 0 Å². The number of halogens is 1. The minimum atomic E-state index is -0.586. The molecule has 0 spiro atoms. The summed E-state index contributed by atoms with van der Waals surface area (Å²) in [5.41, 5.74) is 3.31. The van der Waals surface area contributed by atoms with E-state index in [1.165, 1.54) is 25.0 Å². The summed E-state index contributed by atoms with van der Waals surface area (Å²) in [6.45, 7) is 5.80. The molecule has 0 bridgehead atoms. The average molecular weight is 476 g/mol. The summed E-state index contributed by atoms with van der Waals surface area (Å²) in [5, 5.41) is 18.9. The molecule has 35 heavy (non-hydrogen) atoms. The van der Waals surface area contributed by atoms with E-state index in [2.05, 4.69) is 21.3 Å². The van der Waals surface area contributed by atoms with E-state index in [4.69, 9.17) is 15.1 Å². The quantitative estimate of drug-likeness (QED) is 0.449. The van der Waals surface area contributed by atoms with E-state index in [0.29, 0.717) is 22.4 Å². The lowest BCUT2D eigenvalue weighted by molar-refractivity contribution is 0.0196. The van der Waals surface area contributed by atoms with Crippen molar-refractivity contribution in [1.29, 1.82) is 0 Å². The van der Waals surface area contributed by atoms with E-state index in [9.17, 15) is 9.50 Å². The molecule has 1 aliphatic heterocycles. The second-order valence-corrected chi connectivity index (χ2v) is 10.2. The van der Waals surface area contributed by atoms with Crippen LogP contribution in [0.5, 0.6) is 0 Å². The van der Waals surface area contributed by atoms with Gasteiger partial charge in [-0.1, -0.05) is 0 Å². The zero-order valence-corrected chi connectivity index (χ0v) is 20.1. The van der Waals surface area contributed by atoms with Gasteiger partial charge < -0.3 is 15.3 Å². The Hall–Kier alpha value is -3.33. The van der Waals surface area contributed by atoms with E-state index < -0.39 is 5.60 Å². The lowest BCUT2D eigenvalue weighted by atomic mass is 9.84. The third-order valence-corrected chi connectivity index (χ3v) is 7.30. The van der Waals surface area contributed by atoms with Crippen LogP contribution in [0.2, 0.25) is 0 Å². The molecule has 8 nitrogen and oxygen atoms in total. The highest BCUT2D eigenvalue weighted by atomic mass is 19.1. The number of hydrogen-bond donors (Lipinski definition) is 2. The number of aromatic nitrogens is 5. The fraction of sp³-hybridized carbons (Fsp3) is 0.462. The molecule has 0 amide bonds. The molecule has 2 N–H and O–H groups in total. The fourth-order valence-electron chi connectivity index (χ4n) is 5.24. The van der Waals surface area contributed by atoms with Crippen molar-refractivity contribution in [2.45, 2.75) is 64.0 Å². The number of nitrogens with one attached hydrogen (secondary N) is 1. The van der Waals surface area contributed by atoms with Gasteiger partial charge in [0.1, 0.15) is 28.8 Å². The maximum absolute atomic E-state index is 13.8. The molecule has 2 aliphatic rings. The van der Waals surface area contributed by atoms with Crippen LogP contribution in [0.1, 0.15) is 51.1 Å². The third-order valence-electron chi connectivity index (χ3n) is 7.30. The van der Waals surface area contributed by atoms with Gasteiger partial charge in [-0.3, -0.25) is 0 Å². The third kappa shape index (κ3) is 4.29. The first kappa shape index (κ1) is 22.2. The van der Waals surface area contributed by atoms with Crippen LogP contribution in [-0.4, -0.2) is 54.4 Å². The Balaban J connectivity index is 1.42. The minimum Gasteiger partial charge on any atom is -0.390 e. The molecule has 4 heterocycles. The van der Waals surface area contributed by atoms with Crippen LogP contribution in [0.3, 0.4) is 0 Å². The molecule has 6 rings (SSSR count). The number of rotatable bonds is 4. The molecular weight excluding hydrogens is 445 g/mol. The summed E-state index contributed by atoms with van der Waals surface area (Å²) < 4.78 is 15.7. The van der Waals surface area contributed by atoms with Crippen molar-refractivity contribution in [3.05, 3.63) is 41.8 Å². The Morgan fingerprint density at radius 3 is 2.57 bits per heavy atom. The first-order valence-electron chi connectivity index (χ1n) is 12.4. The number of aliphatic hydroxyl groups is 1. The summed E-state index contributed by atoms with van der Waals surface area (Å²) in [4.78, 5) is 16.6. The molecule has 0 unspecified atom stereocenters. The van der Waals surface area contributed by atoms with Gasteiger partial charge in [0.25, 0.3) is 0 Å². The SMILES string of the molecule is Cc1nc2ccc(F)cc2nc1-c1cc2nc(N3CCCC3)cc(NC3CCC(C)(O)CC3)n2n1. The molecule has 4 aromatic rings. The standard InChI is InChI=1S/C26H30FN7O/c1-16-25(30-20-13-17(27)5-6-19(20)28-16)21-14-23-31-22(33-11-3-4-12-33)15-24(34(23)32-21)29-18-7-9-26(2,35)10-8-18/h5-6,13-15,18,29,35H,3-4,7-12H2,1-2H3. The van der Waals surface area contributed by atoms with Crippen molar-refractivity contribution in [2.75, 3.05) is 23.3 Å². The van der Waals surface area contributed by atoms with E-state index >= 15 is 0 Å². The van der Waals surface area contributed by atoms with Crippen LogP contribution in [0.4, 0.5) is 16.0 Å². The zero-order valence-electron chi connectivity index (χ0n) is 20.1. The Labute approximate surface area is 203 Å².